The van der Waals surface area contributed by atoms with Gasteiger partial charge in [-0.05, 0) is 56.3 Å². The van der Waals surface area contributed by atoms with E-state index in [0.717, 1.165) is 11.3 Å². The summed E-state index contributed by atoms with van der Waals surface area (Å²) in [5.74, 6) is 0.295. The number of nitrogens with zero attached hydrogens (tertiary/aromatic N) is 1. The maximum absolute atomic E-state index is 13.2. The SMILES string of the molecule is CCOc1ccccc1CN(CC(C)O)C(=O)c1ccc(NC(=O)c2ccccc2)cc1. The largest absolute Gasteiger partial charge is 0.494 e. The molecule has 0 aliphatic heterocycles. The number of carbonyl (C=O) groups is 2. The Kier molecular flexibility index (Phi) is 8.00. The second-order valence-electron chi connectivity index (χ2n) is 7.47. The number of nitrogens with one attached hydrogen (secondary N) is 1. The summed E-state index contributed by atoms with van der Waals surface area (Å²) in [6, 6.07) is 23.2. The lowest BCUT2D eigenvalue weighted by molar-refractivity contribution is 0.0628. The quantitative estimate of drug-likeness (QED) is 0.527. The Balaban J connectivity index is 1.74. The lowest BCUT2D eigenvalue weighted by Gasteiger charge is -2.25. The van der Waals surface area contributed by atoms with Crippen molar-refractivity contribution >= 4 is 17.5 Å². The Bertz CT molecular complexity index is 1030. The molecule has 0 bridgehead atoms. The summed E-state index contributed by atoms with van der Waals surface area (Å²) in [4.78, 5) is 27.1. The maximum atomic E-state index is 13.2. The zero-order valence-corrected chi connectivity index (χ0v) is 18.3. The van der Waals surface area contributed by atoms with Crippen LogP contribution in [0.3, 0.4) is 0 Å². The van der Waals surface area contributed by atoms with Crippen molar-refractivity contribution < 1.29 is 19.4 Å². The van der Waals surface area contributed by atoms with Crippen LogP contribution in [0.15, 0.2) is 78.9 Å². The molecule has 3 aromatic rings. The Morgan fingerprint density at radius 3 is 2.25 bits per heavy atom. The van der Waals surface area contributed by atoms with Crippen LogP contribution >= 0.6 is 0 Å². The van der Waals surface area contributed by atoms with Gasteiger partial charge in [0.15, 0.2) is 0 Å². The molecule has 2 N–H and O–H groups in total. The van der Waals surface area contributed by atoms with Gasteiger partial charge in [0.1, 0.15) is 5.75 Å². The monoisotopic (exact) mass is 432 g/mol. The van der Waals surface area contributed by atoms with Crippen molar-refractivity contribution in [3.05, 3.63) is 95.6 Å². The van der Waals surface area contributed by atoms with E-state index in [1.165, 1.54) is 0 Å². The third kappa shape index (κ3) is 6.18. The summed E-state index contributed by atoms with van der Waals surface area (Å²) in [6.07, 6.45) is -0.678. The fourth-order valence-corrected chi connectivity index (χ4v) is 3.35. The minimum atomic E-state index is -0.678. The van der Waals surface area contributed by atoms with Gasteiger partial charge >= 0.3 is 0 Å². The molecule has 6 nitrogen and oxygen atoms in total. The third-order valence-electron chi connectivity index (χ3n) is 4.83. The number of hydrogen-bond acceptors (Lipinski definition) is 4. The van der Waals surface area contributed by atoms with E-state index in [0.29, 0.717) is 30.0 Å². The van der Waals surface area contributed by atoms with Crippen LogP contribution in [0.1, 0.15) is 40.1 Å². The summed E-state index contributed by atoms with van der Waals surface area (Å²) in [5, 5.41) is 12.8. The van der Waals surface area contributed by atoms with Crippen molar-refractivity contribution in [2.45, 2.75) is 26.5 Å². The highest BCUT2D eigenvalue weighted by molar-refractivity contribution is 6.04. The highest BCUT2D eigenvalue weighted by Gasteiger charge is 2.20. The fourth-order valence-electron chi connectivity index (χ4n) is 3.35. The van der Waals surface area contributed by atoms with Gasteiger partial charge in [-0.2, -0.15) is 0 Å². The average molecular weight is 433 g/mol. The number of amides is 2. The lowest BCUT2D eigenvalue weighted by atomic mass is 10.1. The highest BCUT2D eigenvalue weighted by Crippen LogP contribution is 2.22. The molecule has 0 saturated heterocycles. The van der Waals surface area contributed by atoms with Gasteiger partial charge < -0.3 is 20.1 Å². The summed E-state index contributed by atoms with van der Waals surface area (Å²) < 4.78 is 5.68. The van der Waals surface area contributed by atoms with Crippen molar-refractivity contribution in [3.8, 4) is 5.75 Å². The second-order valence-corrected chi connectivity index (χ2v) is 7.47. The summed E-state index contributed by atoms with van der Waals surface area (Å²) in [5.41, 5.74) is 2.50. The van der Waals surface area contributed by atoms with Crippen molar-refractivity contribution in [1.29, 1.82) is 0 Å². The molecule has 0 saturated carbocycles. The van der Waals surface area contributed by atoms with Crippen LogP contribution in [0.4, 0.5) is 5.69 Å². The number of rotatable bonds is 9. The molecule has 1 atom stereocenters. The minimum Gasteiger partial charge on any atom is -0.494 e. The van der Waals surface area contributed by atoms with Crippen molar-refractivity contribution in [2.24, 2.45) is 0 Å². The van der Waals surface area contributed by atoms with Gasteiger partial charge in [-0.15, -0.1) is 0 Å². The third-order valence-corrected chi connectivity index (χ3v) is 4.83. The molecular formula is C26H28N2O4. The second kappa shape index (κ2) is 11.1. The van der Waals surface area contributed by atoms with E-state index in [2.05, 4.69) is 5.32 Å². The summed E-state index contributed by atoms with van der Waals surface area (Å²) in [7, 11) is 0. The van der Waals surface area contributed by atoms with E-state index in [4.69, 9.17) is 4.74 Å². The van der Waals surface area contributed by atoms with Gasteiger partial charge in [0.2, 0.25) is 0 Å². The van der Waals surface area contributed by atoms with Crippen molar-refractivity contribution in [3.63, 3.8) is 0 Å². The molecule has 0 aliphatic rings. The summed E-state index contributed by atoms with van der Waals surface area (Å²) in [6.45, 7) is 4.58. The number of aliphatic hydroxyl groups excluding tert-OH is 1. The van der Waals surface area contributed by atoms with Crippen LogP contribution in [0, 0.1) is 0 Å². The van der Waals surface area contributed by atoms with Gasteiger partial charge in [-0.1, -0.05) is 36.4 Å². The van der Waals surface area contributed by atoms with E-state index in [1.807, 2.05) is 37.3 Å². The number of hydrogen-bond donors (Lipinski definition) is 2. The first kappa shape index (κ1) is 23.0. The molecule has 3 rings (SSSR count). The molecule has 0 heterocycles. The van der Waals surface area contributed by atoms with Crippen LogP contribution in [0.25, 0.3) is 0 Å². The standard InChI is InChI=1S/C26H28N2O4/c1-3-32-24-12-8-7-11-22(24)18-28(17-19(2)29)26(31)21-13-15-23(16-14-21)27-25(30)20-9-5-4-6-10-20/h4-16,19,29H,3,17-18H2,1-2H3,(H,27,30). The molecule has 2 amide bonds. The molecule has 166 valence electrons. The molecule has 0 fully saturated rings. The lowest BCUT2D eigenvalue weighted by Crippen LogP contribution is -2.36. The van der Waals surface area contributed by atoms with E-state index in [-0.39, 0.29) is 18.4 Å². The summed E-state index contributed by atoms with van der Waals surface area (Å²) >= 11 is 0. The first-order valence-electron chi connectivity index (χ1n) is 10.6. The van der Waals surface area contributed by atoms with E-state index < -0.39 is 6.10 Å². The molecule has 1 unspecified atom stereocenters. The fraction of sp³-hybridized carbons (Fsp3) is 0.231. The van der Waals surface area contributed by atoms with Crippen molar-refractivity contribution in [1.82, 2.24) is 4.90 Å². The number of aliphatic hydroxyl groups is 1. The Labute approximate surface area is 188 Å². The molecule has 0 aliphatic carbocycles. The number of para-hydroxylation sites is 1. The first-order valence-corrected chi connectivity index (χ1v) is 10.6. The van der Waals surface area contributed by atoms with Gasteiger partial charge in [-0.25, -0.2) is 0 Å². The van der Waals surface area contributed by atoms with Crippen LogP contribution in [-0.4, -0.2) is 41.1 Å². The van der Waals surface area contributed by atoms with Gasteiger partial charge in [0, 0.05) is 35.5 Å². The molecule has 0 aromatic heterocycles. The average Bonchev–Trinajstić information content (AvgIpc) is 2.80. The van der Waals surface area contributed by atoms with Gasteiger partial charge in [-0.3, -0.25) is 9.59 Å². The normalized spacial score (nSPS) is 11.5. The highest BCUT2D eigenvalue weighted by atomic mass is 16.5. The Morgan fingerprint density at radius 1 is 0.938 bits per heavy atom. The number of carbonyl (C=O) groups excluding carboxylic acids is 2. The molecule has 0 radical (unpaired) electrons. The smallest absolute Gasteiger partial charge is 0.255 e. The van der Waals surface area contributed by atoms with Crippen molar-refractivity contribution in [2.75, 3.05) is 18.5 Å². The molecular weight excluding hydrogens is 404 g/mol. The Hall–Kier alpha value is -3.64. The number of ether oxygens (including phenoxy) is 1. The van der Waals surface area contributed by atoms with E-state index >= 15 is 0 Å². The van der Waals surface area contributed by atoms with Crippen LogP contribution < -0.4 is 10.1 Å². The predicted octanol–water partition coefficient (Wildman–Crippen LogP) is 4.36. The Morgan fingerprint density at radius 2 is 1.59 bits per heavy atom. The predicted molar refractivity (Wildman–Crippen MR) is 125 cm³/mol. The molecule has 32 heavy (non-hydrogen) atoms. The maximum Gasteiger partial charge on any atom is 0.255 e. The first-order chi connectivity index (χ1) is 15.5. The van der Waals surface area contributed by atoms with Gasteiger partial charge in [0.25, 0.3) is 11.8 Å². The topological polar surface area (TPSA) is 78.9 Å². The van der Waals surface area contributed by atoms with Crippen LogP contribution in [0.5, 0.6) is 5.75 Å². The molecule has 6 heteroatoms. The minimum absolute atomic E-state index is 0.186. The number of anilines is 1. The van der Waals surface area contributed by atoms with Gasteiger partial charge in [0.05, 0.1) is 12.7 Å². The zero-order valence-electron chi connectivity index (χ0n) is 18.3. The van der Waals surface area contributed by atoms with E-state index in [9.17, 15) is 14.7 Å². The van der Waals surface area contributed by atoms with Crippen LogP contribution in [-0.2, 0) is 6.54 Å². The zero-order chi connectivity index (χ0) is 22.9. The molecule has 3 aromatic carbocycles. The number of benzene rings is 3. The van der Waals surface area contributed by atoms with Crippen LogP contribution in [0.2, 0.25) is 0 Å². The molecule has 0 spiro atoms. The van der Waals surface area contributed by atoms with E-state index in [1.54, 1.807) is 60.4 Å².